The Morgan fingerprint density at radius 3 is 2.62 bits per heavy atom. The number of amides is 2. The molecule has 7 heteroatoms. The maximum atomic E-state index is 13.3. The van der Waals surface area contributed by atoms with Gasteiger partial charge in [-0.05, 0) is 33.3 Å². The minimum atomic E-state index is -0.540. The van der Waals surface area contributed by atoms with Crippen LogP contribution in [0.4, 0.5) is 0 Å². The van der Waals surface area contributed by atoms with Crippen LogP contribution in [-0.2, 0) is 4.79 Å². The Kier molecular flexibility index (Phi) is 4.86. The molecule has 0 radical (unpaired) electrons. The molecule has 1 N–H and O–H groups in total. The van der Waals surface area contributed by atoms with Crippen molar-refractivity contribution in [2.75, 3.05) is 14.2 Å². The quantitative estimate of drug-likeness (QED) is 0.853. The largest absolute Gasteiger partial charge is 0.493 e. The lowest BCUT2D eigenvalue weighted by Gasteiger charge is -2.30. The first-order valence-corrected chi connectivity index (χ1v) is 9.70. The van der Waals surface area contributed by atoms with Crippen LogP contribution in [0.25, 0.3) is 0 Å². The summed E-state index contributed by atoms with van der Waals surface area (Å²) in [4.78, 5) is 28.0. The Morgan fingerprint density at radius 2 is 2.04 bits per heavy atom. The van der Waals surface area contributed by atoms with Gasteiger partial charge < -0.3 is 19.7 Å². The van der Waals surface area contributed by atoms with Crippen molar-refractivity contribution in [3.63, 3.8) is 0 Å². The van der Waals surface area contributed by atoms with E-state index in [-0.39, 0.29) is 28.0 Å². The molecule has 0 aliphatic carbocycles. The summed E-state index contributed by atoms with van der Waals surface area (Å²) < 4.78 is 10.4. The molecule has 2 amide bonds. The molecule has 6 nitrogen and oxygen atoms in total. The predicted octanol–water partition coefficient (Wildman–Crippen LogP) is 2.97. The van der Waals surface area contributed by atoms with E-state index in [0.29, 0.717) is 17.1 Å². The first-order chi connectivity index (χ1) is 12.3. The summed E-state index contributed by atoms with van der Waals surface area (Å²) in [5, 5.41) is 2.84. The van der Waals surface area contributed by atoms with Crippen molar-refractivity contribution in [1.29, 1.82) is 0 Å². The fourth-order valence-electron chi connectivity index (χ4n) is 3.68. The van der Waals surface area contributed by atoms with E-state index in [2.05, 4.69) is 5.32 Å². The summed E-state index contributed by atoms with van der Waals surface area (Å²) >= 11 is 1.64. The van der Waals surface area contributed by atoms with E-state index in [4.69, 9.17) is 9.47 Å². The molecular formula is C19H26N2O4S. The van der Waals surface area contributed by atoms with Crippen molar-refractivity contribution in [2.24, 2.45) is 0 Å². The number of carbonyl (C=O) groups is 2. The zero-order chi connectivity index (χ0) is 19.2. The van der Waals surface area contributed by atoms with Crippen LogP contribution in [0, 0.1) is 0 Å². The SMILES string of the molecule is CC[C@@H](C)NC(=O)[C@H]1N2C(=O)c3c(ccc(OC)c3OC)[C@@H]2SC1(C)C. The molecule has 0 aromatic heterocycles. The van der Waals surface area contributed by atoms with Gasteiger partial charge in [0.1, 0.15) is 11.4 Å². The number of methoxy groups -OCH3 is 2. The lowest BCUT2D eigenvalue weighted by molar-refractivity contribution is -0.126. The summed E-state index contributed by atoms with van der Waals surface area (Å²) in [6.07, 6.45) is 0.842. The first kappa shape index (κ1) is 18.9. The number of carbonyl (C=O) groups excluding carboxylic acids is 2. The molecule has 26 heavy (non-hydrogen) atoms. The molecule has 0 saturated carbocycles. The maximum absolute atomic E-state index is 13.3. The lowest BCUT2D eigenvalue weighted by Crippen LogP contribution is -2.54. The molecule has 1 saturated heterocycles. The second kappa shape index (κ2) is 6.68. The zero-order valence-electron chi connectivity index (χ0n) is 16.1. The fraction of sp³-hybridized carbons (Fsp3) is 0.579. The summed E-state index contributed by atoms with van der Waals surface area (Å²) in [7, 11) is 3.07. The smallest absolute Gasteiger partial charge is 0.260 e. The van der Waals surface area contributed by atoms with Gasteiger partial charge in [-0.1, -0.05) is 13.0 Å². The van der Waals surface area contributed by atoms with Gasteiger partial charge in [-0.25, -0.2) is 0 Å². The maximum Gasteiger partial charge on any atom is 0.260 e. The van der Waals surface area contributed by atoms with E-state index in [9.17, 15) is 9.59 Å². The van der Waals surface area contributed by atoms with Gasteiger partial charge in [0.15, 0.2) is 11.5 Å². The van der Waals surface area contributed by atoms with Gasteiger partial charge in [-0.2, -0.15) is 0 Å². The lowest BCUT2D eigenvalue weighted by atomic mass is 10.00. The third-order valence-corrected chi connectivity index (χ3v) is 6.68. The number of fused-ring (bicyclic) bond motifs is 3. The van der Waals surface area contributed by atoms with Crippen LogP contribution < -0.4 is 14.8 Å². The van der Waals surface area contributed by atoms with E-state index in [1.807, 2.05) is 39.8 Å². The number of nitrogens with zero attached hydrogens (tertiary/aromatic N) is 1. The Morgan fingerprint density at radius 1 is 1.35 bits per heavy atom. The molecule has 2 aliphatic heterocycles. The van der Waals surface area contributed by atoms with Crippen molar-refractivity contribution in [3.8, 4) is 11.5 Å². The van der Waals surface area contributed by atoms with E-state index in [1.165, 1.54) is 7.11 Å². The number of hydrogen-bond acceptors (Lipinski definition) is 5. The third kappa shape index (κ3) is 2.73. The van der Waals surface area contributed by atoms with E-state index in [1.54, 1.807) is 23.8 Å². The molecule has 3 rings (SSSR count). The number of hydrogen-bond donors (Lipinski definition) is 1. The van der Waals surface area contributed by atoms with E-state index < -0.39 is 6.04 Å². The van der Waals surface area contributed by atoms with Crippen molar-refractivity contribution < 1.29 is 19.1 Å². The van der Waals surface area contributed by atoms with Gasteiger partial charge in [-0.15, -0.1) is 11.8 Å². The number of nitrogens with one attached hydrogen (secondary N) is 1. The number of benzene rings is 1. The minimum absolute atomic E-state index is 0.0667. The molecule has 142 valence electrons. The number of thioether (sulfide) groups is 1. The Labute approximate surface area is 158 Å². The summed E-state index contributed by atoms with van der Waals surface area (Å²) in [5.41, 5.74) is 1.38. The highest BCUT2D eigenvalue weighted by Gasteiger charge is 2.58. The van der Waals surface area contributed by atoms with E-state index in [0.717, 1.165) is 12.0 Å². The van der Waals surface area contributed by atoms with Crippen LogP contribution in [-0.4, -0.2) is 47.8 Å². The Balaban J connectivity index is 2.04. The normalized spacial score (nSPS) is 24.1. The molecule has 0 bridgehead atoms. The molecule has 3 atom stereocenters. The summed E-state index contributed by atoms with van der Waals surface area (Å²) in [5.74, 6) is 0.670. The second-order valence-electron chi connectivity index (χ2n) is 7.27. The summed E-state index contributed by atoms with van der Waals surface area (Å²) in [6, 6.07) is 3.24. The Bertz CT molecular complexity index is 749. The standard InChI is InChI=1S/C19H26N2O4S/c1-7-10(2)20-16(22)15-19(3,4)26-18-11-8-9-12(24-5)14(25-6)13(11)17(23)21(15)18/h8-10,15,18H,7H2,1-6H3,(H,20,22)/t10-,15-,18+/m1/s1. The Hall–Kier alpha value is -1.89. The highest BCUT2D eigenvalue weighted by Crippen LogP contribution is 2.58. The van der Waals surface area contributed by atoms with Gasteiger partial charge in [0.05, 0.1) is 19.8 Å². The molecular weight excluding hydrogens is 352 g/mol. The monoisotopic (exact) mass is 378 g/mol. The van der Waals surface area contributed by atoms with Crippen LogP contribution in [0.5, 0.6) is 11.5 Å². The van der Waals surface area contributed by atoms with Crippen LogP contribution in [0.3, 0.4) is 0 Å². The molecule has 2 aliphatic rings. The molecule has 2 heterocycles. The number of rotatable bonds is 5. The van der Waals surface area contributed by atoms with E-state index >= 15 is 0 Å². The van der Waals surface area contributed by atoms with Gasteiger partial charge in [0.2, 0.25) is 5.91 Å². The average Bonchev–Trinajstić information content (AvgIpc) is 3.03. The van der Waals surface area contributed by atoms with Crippen molar-refractivity contribution >= 4 is 23.6 Å². The minimum Gasteiger partial charge on any atom is -0.493 e. The van der Waals surface area contributed by atoms with Crippen LogP contribution >= 0.6 is 11.8 Å². The fourth-order valence-corrected chi connectivity index (χ4v) is 5.26. The molecule has 1 aromatic carbocycles. The summed E-state index contributed by atoms with van der Waals surface area (Å²) in [6.45, 7) is 8.03. The molecule has 1 fully saturated rings. The van der Waals surface area contributed by atoms with Crippen LogP contribution in [0.2, 0.25) is 0 Å². The molecule has 1 aromatic rings. The molecule has 0 unspecified atom stereocenters. The average molecular weight is 378 g/mol. The number of ether oxygens (including phenoxy) is 2. The predicted molar refractivity (Wildman–Crippen MR) is 102 cm³/mol. The van der Waals surface area contributed by atoms with Crippen molar-refractivity contribution in [3.05, 3.63) is 23.3 Å². The first-order valence-electron chi connectivity index (χ1n) is 8.82. The van der Waals surface area contributed by atoms with Crippen molar-refractivity contribution in [1.82, 2.24) is 10.2 Å². The third-order valence-electron chi connectivity index (χ3n) is 5.15. The van der Waals surface area contributed by atoms with Gasteiger partial charge >= 0.3 is 0 Å². The van der Waals surface area contributed by atoms with Crippen LogP contribution in [0.15, 0.2) is 12.1 Å². The van der Waals surface area contributed by atoms with Gasteiger partial charge in [0.25, 0.3) is 5.91 Å². The van der Waals surface area contributed by atoms with Crippen molar-refractivity contribution in [2.45, 2.75) is 56.3 Å². The van der Waals surface area contributed by atoms with Gasteiger partial charge in [-0.3, -0.25) is 9.59 Å². The highest BCUT2D eigenvalue weighted by atomic mass is 32.2. The zero-order valence-corrected chi connectivity index (χ0v) is 16.9. The van der Waals surface area contributed by atoms with Crippen LogP contribution in [0.1, 0.15) is 55.4 Å². The topological polar surface area (TPSA) is 67.9 Å². The van der Waals surface area contributed by atoms with Gasteiger partial charge in [0, 0.05) is 16.4 Å². The molecule has 0 spiro atoms. The highest BCUT2D eigenvalue weighted by molar-refractivity contribution is 8.01. The second-order valence-corrected chi connectivity index (χ2v) is 9.01.